The van der Waals surface area contributed by atoms with Gasteiger partial charge in [0.05, 0.1) is 29.4 Å². The van der Waals surface area contributed by atoms with E-state index < -0.39 is 28.2 Å². The number of amides is 3. The summed E-state index contributed by atoms with van der Waals surface area (Å²) in [6.45, 7) is 10.8. The van der Waals surface area contributed by atoms with Crippen LogP contribution in [0.1, 0.15) is 44.0 Å². The first-order valence-corrected chi connectivity index (χ1v) is 18.1. The van der Waals surface area contributed by atoms with Crippen LogP contribution in [0.15, 0.2) is 57.4 Å². The molecule has 1 aliphatic rings. The molecule has 0 spiro atoms. The first kappa shape index (κ1) is 34.0. The van der Waals surface area contributed by atoms with E-state index >= 15 is 0 Å². The van der Waals surface area contributed by atoms with Gasteiger partial charge in [-0.15, -0.1) is 22.7 Å². The zero-order chi connectivity index (χ0) is 32.0. The number of nitrogens with one attached hydrogen (secondary N) is 1. The van der Waals surface area contributed by atoms with E-state index in [0.29, 0.717) is 19.6 Å². The van der Waals surface area contributed by atoms with Crippen molar-refractivity contribution in [2.75, 3.05) is 26.2 Å². The molecule has 3 atom stereocenters. The normalized spacial score (nSPS) is 16.2. The van der Waals surface area contributed by atoms with Gasteiger partial charge in [0.15, 0.2) is 0 Å². The minimum atomic E-state index is -3.85. The van der Waals surface area contributed by atoms with E-state index in [0.717, 1.165) is 27.6 Å². The van der Waals surface area contributed by atoms with Gasteiger partial charge in [-0.2, -0.15) is 4.31 Å². The van der Waals surface area contributed by atoms with E-state index in [1.165, 1.54) is 15.6 Å². The van der Waals surface area contributed by atoms with Crippen molar-refractivity contribution in [1.82, 2.24) is 24.4 Å². The fraction of sp³-hybridized carbons (Fsp3) is 0.516. The number of sulfonamides is 1. The highest BCUT2D eigenvalue weighted by atomic mass is 32.2. The summed E-state index contributed by atoms with van der Waals surface area (Å²) < 4.78 is 28.6. The zero-order valence-electron chi connectivity index (χ0n) is 25.9. The van der Waals surface area contributed by atoms with Crippen molar-refractivity contribution < 1.29 is 23.1 Å². The van der Waals surface area contributed by atoms with E-state index in [1.54, 1.807) is 27.3 Å². The van der Waals surface area contributed by atoms with Crippen LogP contribution in [0.5, 0.6) is 0 Å². The Balaban J connectivity index is 1.55. The molecule has 1 fully saturated rings. The monoisotopic (exact) mass is 661 g/mol. The molecular formula is C31H43N5O5S3. The molecule has 3 heterocycles. The molecule has 0 aliphatic carbocycles. The summed E-state index contributed by atoms with van der Waals surface area (Å²) in [6, 6.07) is 10.9. The molecular weight excluding hydrogens is 619 g/mol. The number of carbonyl (C=O) groups excluding carboxylic acids is 2. The van der Waals surface area contributed by atoms with Crippen molar-refractivity contribution in [1.29, 1.82) is 0 Å². The maximum atomic E-state index is 14.0. The summed E-state index contributed by atoms with van der Waals surface area (Å²) in [6.07, 6.45) is -0.921. The molecule has 0 bridgehead atoms. The fourth-order valence-electron chi connectivity index (χ4n) is 5.46. The SMILES string of the molecule is Cc1nc(CN2CCN([C@H](C(=O)N[C@@H](Cc3ccccc3)[C@H](O)CN(CC(C)C)S(=O)(=O)c3cccs3)C(C)C)C2=O)cs1. The number of aliphatic hydroxyl groups excluding tert-OH is 1. The molecule has 3 aromatic rings. The number of urea groups is 1. The van der Waals surface area contributed by atoms with E-state index in [2.05, 4.69) is 10.3 Å². The van der Waals surface area contributed by atoms with Crippen LogP contribution in [-0.2, 0) is 27.8 Å². The molecule has 1 aliphatic heterocycles. The molecule has 3 amide bonds. The Morgan fingerprint density at radius 3 is 2.39 bits per heavy atom. The van der Waals surface area contributed by atoms with Gasteiger partial charge in [-0.25, -0.2) is 18.2 Å². The van der Waals surface area contributed by atoms with Crippen molar-refractivity contribution in [2.45, 2.75) is 70.0 Å². The van der Waals surface area contributed by atoms with Crippen molar-refractivity contribution >= 4 is 44.6 Å². The maximum absolute atomic E-state index is 14.0. The number of aryl methyl sites for hydroxylation is 1. The van der Waals surface area contributed by atoms with Crippen LogP contribution in [0, 0.1) is 18.8 Å². The molecule has 1 aromatic carbocycles. The molecule has 1 saturated heterocycles. The van der Waals surface area contributed by atoms with E-state index in [1.807, 2.05) is 70.3 Å². The van der Waals surface area contributed by atoms with Crippen LogP contribution in [0.2, 0.25) is 0 Å². The highest BCUT2D eigenvalue weighted by Crippen LogP contribution is 2.24. The lowest BCUT2D eigenvalue weighted by molar-refractivity contribution is -0.128. The second kappa shape index (κ2) is 15.0. The Kier molecular flexibility index (Phi) is 11.6. The predicted octanol–water partition coefficient (Wildman–Crippen LogP) is 4.21. The van der Waals surface area contributed by atoms with Gasteiger partial charge in [0.2, 0.25) is 5.91 Å². The Morgan fingerprint density at radius 2 is 1.80 bits per heavy atom. The number of hydrogen-bond acceptors (Lipinski definition) is 8. The Hall–Kier alpha value is -2.84. The number of nitrogens with zero attached hydrogens (tertiary/aromatic N) is 4. The van der Waals surface area contributed by atoms with Crippen molar-refractivity contribution in [3.05, 3.63) is 69.5 Å². The van der Waals surface area contributed by atoms with Crippen molar-refractivity contribution in [3.63, 3.8) is 0 Å². The molecule has 10 nitrogen and oxygen atoms in total. The fourth-order valence-corrected chi connectivity index (χ4v) is 8.83. The smallest absolute Gasteiger partial charge is 0.321 e. The van der Waals surface area contributed by atoms with Gasteiger partial charge < -0.3 is 20.2 Å². The number of carbonyl (C=O) groups is 2. The third-order valence-electron chi connectivity index (χ3n) is 7.52. The molecule has 44 heavy (non-hydrogen) atoms. The number of thiophene rings is 1. The Labute approximate surface area is 268 Å². The van der Waals surface area contributed by atoms with E-state index in [4.69, 9.17) is 0 Å². The second-order valence-electron chi connectivity index (χ2n) is 12.0. The maximum Gasteiger partial charge on any atom is 0.321 e. The summed E-state index contributed by atoms with van der Waals surface area (Å²) in [5.74, 6) is -0.565. The van der Waals surface area contributed by atoms with Crippen molar-refractivity contribution in [3.8, 4) is 0 Å². The third kappa shape index (κ3) is 8.45. The molecule has 2 N–H and O–H groups in total. The first-order chi connectivity index (χ1) is 20.9. The Morgan fingerprint density at radius 1 is 1.07 bits per heavy atom. The van der Waals surface area contributed by atoms with Gasteiger partial charge in [-0.1, -0.05) is 64.1 Å². The molecule has 2 aromatic heterocycles. The zero-order valence-corrected chi connectivity index (χ0v) is 28.4. The van der Waals surface area contributed by atoms with Gasteiger partial charge >= 0.3 is 6.03 Å². The van der Waals surface area contributed by atoms with E-state index in [-0.39, 0.29) is 47.5 Å². The van der Waals surface area contributed by atoms with Crippen LogP contribution >= 0.6 is 22.7 Å². The Bertz CT molecular complexity index is 1480. The van der Waals surface area contributed by atoms with E-state index in [9.17, 15) is 23.1 Å². The molecule has 240 valence electrons. The number of thiazole rings is 1. The van der Waals surface area contributed by atoms with Crippen LogP contribution in [0.4, 0.5) is 4.79 Å². The summed E-state index contributed by atoms with van der Waals surface area (Å²) >= 11 is 2.66. The standard InChI is InChI=1S/C31H43N5O5S3/c1-21(2)17-35(44(40,41)28-12-9-15-42-28)19-27(37)26(16-24-10-7-6-8-11-24)33-30(38)29(22(3)4)36-14-13-34(31(36)39)18-25-20-43-23(5)32-25/h6-12,15,20-22,26-27,29,37H,13-14,16-19H2,1-5H3,(H,33,38)/t26-,27+,29-/m0/s1. The topological polar surface area (TPSA) is 123 Å². The minimum absolute atomic E-state index is 0.0155. The largest absolute Gasteiger partial charge is 0.390 e. The van der Waals surface area contributed by atoms with Crippen LogP contribution in [-0.4, -0.2) is 88.9 Å². The highest BCUT2D eigenvalue weighted by Gasteiger charge is 2.40. The number of aliphatic hydroxyl groups is 1. The number of benzene rings is 1. The third-order valence-corrected chi connectivity index (χ3v) is 11.5. The van der Waals surface area contributed by atoms with Gasteiger partial charge in [0, 0.05) is 31.6 Å². The number of hydrogen-bond donors (Lipinski definition) is 2. The molecule has 0 saturated carbocycles. The number of aromatic nitrogens is 1. The van der Waals surface area contributed by atoms with Gasteiger partial charge in [0.25, 0.3) is 10.0 Å². The predicted molar refractivity (Wildman–Crippen MR) is 174 cm³/mol. The summed E-state index contributed by atoms with van der Waals surface area (Å²) in [5.41, 5.74) is 1.71. The van der Waals surface area contributed by atoms with Gasteiger partial charge in [-0.05, 0) is 42.2 Å². The lowest BCUT2D eigenvalue weighted by Crippen LogP contribution is -2.57. The minimum Gasteiger partial charge on any atom is -0.390 e. The summed E-state index contributed by atoms with van der Waals surface area (Å²) in [5, 5.41) is 19.2. The summed E-state index contributed by atoms with van der Waals surface area (Å²) in [7, 11) is -3.85. The second-order valence-corrected chi connectivity index (χ2v) is 16.1. The quantitative estimate of drug-likeness (QED) is 0.252. The lowest BCUT2D eigenvalue weighted by Gasteiger charge is -2.34. The van der Waals surface area contributed by atoms with Crippen LogP contribution in [0.25, 0.3) is 0 Å². The van der Waals surface area contributed by atoms with Gasteiger partial charge in [-0.3, -0.25) is 4.79 Å². The average Bonchev–Trinajstić information content (AvgIpc) is 3.72. The molecule has 0 radical (unpaired) electrons. The first-order valence-electron chi connectivity index (χ1n) is 14.9. The highest BCUT2D eigenvalue weighted by molar-refractivity contribution is 7.91. The van der Waals surface area contributed by atoms with Gasteiger partial charge in [0.1, 0.15) is 10.3 Å². The van der Waals surface area contributed by atoms with Crippen LogP contribution in [0.3, 0.4) is 0 Å². The average molecular weight is 662 g/mol. The molecule has 13 heteroatoms. The number of rotatable bonds is 15. The van der Waals surface area contributed by atoms with Crippen molar-refractivity contribution in [2.24, 2.45) is 11.8 Å². The van der Waals surface area contributed by atoms with Crippen LogP contribution < -0.4 is 5.32 Å². The molecule has 0 unspecified atom stereocenters. The lowest BCUT2D eigenvalue weighted by atomic mass is 9.97. The summed E-state index contributed by atoms with van der Waals surface area (Å²) in [4.78, 5) is 35.2. The molecule has 4 rings (SSSR count).